The Balaban J connectivity index is 2.15. The zero-order chi connectivity index (χ0) is 11.1. The van der Waals surface area contributed by atoms with E-state index >= 15 is 0 Å². The fourth-order valence-corrected chi connectivity index (χ4v) is 1.45. The molecule has 0 aliphatic heterocycles. The Labute approximate surface area is 90.3 Å². The third kappa shape index (κ3) is 1.22. The first-order valence-electron chi connectivity index (χ1n) is 4.74. The number of nitrogens with one attached hydrogen (secondary N) is 1. The van der Waals surface area contributed by atoms with Crippen LogP contribution in [-0.2, 0) is 0 Å². The molecule has 7 heteroatoms. The van der Waals surface area contributed by atoms with Gasteiger partial charge < -0.3 is 5.73 Å². The van der Waals surface area contributed by atoms with E-state index in [-0.39, 0.29) is 0 Å². The number of benzene rings is 1. The van der Waals surface area contributed by atoms with Gasteiger partial charge in [-0.2, -0.15) is 10.2 Å². The molecule has 2 heterocycles. The summed E-state index contributed by atoms with van der Waals surface area (Å²) in [6, 6.07) is 5.71. The second-order valence-electron chi connectivity index (χ2n) is 3.52. The number of aromatic nitrogens is 6. The molecule has 0 amide bonds. The van der Waals surface area contributed by atoms with Crippen molar-refractivity contribution < 1.29 is 0 Å². The largest absolute Gasteiger partial charge is 0.398 e. The Kier molecular flexibility index (Phi) is 1.67. The molecule has 0 bridgehead atoms. The second kappa shape index (κ2) is 3.02. The summed E-state index contributed by atoms with van der Waals surface area (Å²) in [6.45, 7) is 1.95. The van der Waals surface area contributed by atoms with Gasteiger partial charge in [0.15, 0.2) is 5.82 Å². The van der Waals surface area contributed by atoms with E-state index in [2.05, 4.69) is 25.6 Å². The van der Waals surface area contributed by atoms with Gasteiger partial charge in [-0.25, -0.2) is 0 Å². The van der Waals surface area contributed by atoms with Crippen LogP contribution in [0.5, 0.6) is 0 Å². The van der Waals surface area contributed by atoms with E-state index in [1.54, 1.807) is 0 Å². The van der Waals surface area contributed by atoms with Crippen LogP contribution >= 0.6 is 0 Å². The average Bonchev–Trinajstić information content (AvgIpc) is 2.81. The minimum Gasteiger partial charge on any atom is -0.398 e. The number of hydrogen-bond donors (Lipinski definition) is 2. The minimum atomic E-state index is 0.439. The molecule has 0 aliphatic rings. The summed E-state index contributed by atoms with van der Waals surface area (Å²) < 4.78 is 1.41. The first-order valence-corrected chi connectivity index (χ1v) is 4.74. The van der Waals surface area contributed by atoms with Gasteiger partial charge in [0, 0.05) is 11.3 Å². The lowest BCUT2D eigenvalue weighted by molar-refractivity contribution is 0.745. The number of hydrogen-bond acceptors (Lipinski definition) is 5. The minimum absolute atomic E-state index is 0.439. The van der Waals surface area contributed by atoms with Gasteiger partial charge in [-0.3, -0.25) is 0 Å². The van der Waals surface area contributed by atoms with Gasteiger partial charge in [0.05, 0.1) is 0 Å². The quantitative estimate of drug-likeness (QED) is 0.573. The standard InChI is InChI=1S/C9H9N7/c1-5-2-3-6(4-7(5)10)8-11-9-12-14-15-16(9)13-8/h2-4H,10H2,1H3,(H,11,12,13,15). The summed E-state index contributed by atoms with van der Waals surface area (Å²) in [5.41, 5.74) is 8.45. The molecule has 7 nitrogen and oxygen atoms in total. The zero-order valence-electron chi connectivity index (χ0n) is 8.55. The maximum atomic E-state index is 5.83. The maximum absolute atomic E-state index is 5.83. The zero-order valence-corrected chi connectivity index (χ0v) is 8.55. The molecule has 0 saturated carbocycles. The molecular weight excluding hydrogens is 206 g/mol. The number of fused-ring (bicyclic) bond motifs is 1. The fourth-order valence-electron chi connectivity index (χ4n) is 1.45. The average molecular weight is 215 g/mol. The highest BCUT2D eigenvalue weighted by Gasteiger charge is 2.08. The number of anilines is 1. The van der Waals surface area contributed by atoms with E-state index in [4.69, 9.17) is 5.73 Å². The summed E-state index contributed by atoms with van der Waals surface area (Å²) in [5, 5.41) is 14.1. The van der Waals surface area contributed by atoms with Crippen LogP contribution in [-0.4, -0.2) is 30.2 Å². The number of nitrogens with two attached hydrogens (primary N) is 1. The highest BCUT2D eigenvalue weighted by atomic mass is 15.6. The van der Waals surface area contributed by atoms with E-state index in [9.17, 15) is 0 Å². The van der Waals surface area contributed by atoms with Crippen molar-refractivity contribution in [1.82, 2.24) is 30.2 Å². The first kappa shape index (κ1) is 8.84. The summed E-state index contributed by atoms with van der Waals surface area (Å²) in [4.78, 5) is 4.21. The molecule has 0 aliphatic carbocycles. The SMILES string of the molecule is Cc1ccc(-c2nc3nn[nH]n3n2)cc1N. The van der Waals surface area contributed by atoms with Crippen molar-refractivity contribution in [3.63, 3.8) is 0 Å². The fraction of sp³-hybridized carbons (Fsp3) is 0.111. The van der Waals surface area contributed by atoms with Gasteiger partial charge in [0.25, 0.3) is 5.78 Å². The molecule has 3 aromatic rings. The van der Waals surface area contributed by atoms with Crippen LogP contribution in [0.2, 0.25) is 0 Å². The molecule has 0 spiro atoms. The number of nitrogens with zero attached hydrogens (tertiary/aromatic N) is 5. The van der Waals surface area contributed by atoms with Crippen LogP contribution in [0.4, 0.5) is 5.69 Å². The van der Waals surface area contributed by atoms with Crippen LogP contribution in [0.1, 0.15) is 5.56 Å². The molecule has 0 saturated heterocycles. The number of aromatic amines is 1. The third-order valence-electron chi connectivity index (χ3n) is 2.41. The molecule has 80 valence electrons. The highest BCUT2D eigenvalue weighted by molar-refractivity contribution is 5.64. The van der Waals surface area contributed by atoms with Crippen molar-refractivity contribution in [3.05, 3.63) is 23.8 Å². The lowest BCUT2D eigenvalue weighted by Gasteiger charge is -2.00. The molecule has 0 atom stereocenters. The number of nitrogen functional groups attached to an aromatic ring is 1. The van der Waals surface area contributed by atoms with E-state index < -0.39 is 0 Å². The Morgan fingerprint density at radius 3 is 3.00 bits per heavy atom. The Bertz CT molecular complexity index is 622. The molecule has 3 rings (SSSR count). The van der Waals surface area contributed by atoms with Crippen molar-refractivity contribution >= 4 is 11.5 Å². The van der Waals surface area contributed by atoms with Gasteiger partial charge in [-0.1, -0.05) is 17.2 Å². The smallest absolute Gasteiger partial charge is 0.290 e. The van der Waals surface area contributed by atoms with Crippen molar-refractivity contribution in [2.24, 2.45) is 0 Å². The van der Waals surface area contributed by atoms with Gasteiger partial charge in [0.1, 0.15) is 0 Å². The number of tetrazole rings is 1. The predicted molar refractivity (Wildman–Crippen MR) is 57.5 cm³/mol. The van der Waals surface area contributed by atoms with Crippen molar-refractivity contribution in [2.75, 3.05) is 5.73 Å². The van der Waals surface area contributed by atoms with Gasteiger partial charge in [0.2, 0.25) is 0 Å². The number of H-pyrrole nitrogens is 1. The van der Waals surface area contributed by atoms with Crippen LogP contribution in [0.25, 0.3) is 17.2 Å². The van der Waals surface area contributed by atoms with Crippen LogP contribution in [0.15, 0.2) is 18.2 Å². The van der Waals surface area contributed by atoms with Gasteiger partial charge in [-0.05, 0) is 23.8 Å². The molecule has 3 N–H and O–H groups in total. The Morgan fingerprint density at radius 1 is 1.38 bits per heavy atom. The third-order valence-corrected chi connectivity index (χ3v) is 2.41. The van der Waals surface area contributed by atoms with Crippen molar-refractivity contribution in [2.45, 2.75) is 6.92 Å². The van der Waals surface area contributed by atoms with E-state index in [0.717, 1.165) is 16.8 Å². The first-order chi connectivity index (χ1) is 7.74. The predicted octanol–water partition coefficient (Wildman–Crippen LogP) is 0.405. The molecule has 16 heavy (non-hydrogen) atoms. The maximum Gasteiger partial charge on any atom is 0.290 e. The Morgan fingerprint density at radius 2 is 2.25 bits per heavy atom. The summed E-state index contributed by atoms with van der Waals surface area (Å²) in [6.07, 6.45) is 0. The van der Waals surface area contributed by atoms with Crippen LogP contribution in [0.3, 0.4) is 0 Å². The molecular formula is C9H9N7. The second-order valence-corrected chi connectivity index (χ2v) is 3.52. The summed E-state index contributed by atoms with van der Waals surface area (Å²) in [7, 11) is 0. The highest BCUT2D eigenvalue weighted by Crippen LogP contribution is 2.20. The van der Waals surface area contributed by atoms with E-state index in [1.165, 1.54) is 4.63 Å². The molecule has 0 unspecified atom stereocenters. The normalized spacial score (nSPS) is 11.1. The van der Waals surface area contributed by atoms with Crippen LogP contribution in [0, 0.1) is 6.92 Å². The monoisotopic (exact) mass is 215 g/mol. The van der Waals surface area contributed by atoms with Crippen LogP contribution < -0.4 is 5.73 Å². The van der Waals surface area contributed by atoms with Crippen molar-refractivity contribution in [1.29, 1.82) is 0 Å². The van der Waals surface area contributed by atoms with E-state index in [0.29, 0.717) is 11.6 Å². The van der Waals surface area contributed by atoms with Gasteiger partial charge >= 0.3 is 0 Å². The lowest BCUT2D eigenvalue weighted by Crippen LogP contribution is -1.92. The van der Waals surface area contributed by atoms with Crippen molar-refractivity contribution in [3.8, 4) is 11.4 Å². The summed E-state index contributed by atoms with van der Waals surface area (Å²) >= 11 is 0. The summed E-state index contributed by atoms with van der Waals surface area (Å²) in [5.74, 6) is 1.02. The number of rotatable bonds is 1. The topological polar surface area (TPSA) is 97.8 Å². The molecule has 2 aromatic heterocycles. The molecule has 0 fully saturated rings. The Hall–Kier alpha value is -2.44. The lowest BCUT2D eigenvalue weighted by atomic mass is 10.1. The number of aryl methyl sites for hydroxylation is 1. The van der Waals surface area contributed by atoms with E-state index in [1.807, 2.05) is 25.1 Å². The van der Waals surface area contributed by atoms with Gasteiger partial charge in [-0.15, -0.1) is 9.73 Å². The molecule has 1 aromatic carbocycles. The molecule has 0 radical (unpaired) electrons.